The average Bonchev–Trinajstić information content (AvgIpc) is 2.53. The van der Waals surface area contributed by atoms with E-state index in [1.54, 1.807) is 23.9 Å². The minimum Gasteiger partial charge on any atom is -0.456 e. The third-order valence-corrected chi connectivity index (χ3v) is 1.65. The molecule has 66 valence electrons. The third kappa shape index (κ3) is 2.71. The zero-order valence-electron chi connectivity index (χ0n) is 6.78. The van der Waals surface area contributed by atoms with E-state index in [4.69, 9.17) is 9.15 Å². The number of thioether (sulfide) groups is 1. The highest BCUT2D eigenvalue weighted by molar-refractivity contribution is 7.98. The van der Waals surface area contributed by atoms with Gasteiger partial charge in [-0.3, -0.25) is 4.79 Å². The second-order valence-corrected chi connectivity index (χ2v) is 2.99. The fraction of sp³-hybridized carbons (Fsp3) is 0.375. The second kappa shape index (κ2) is 5.00. The first-order valence-corrected chi connectivity index (χ1v) is 4.86. The molecule has 0 fully saturated rings. The van der Waals surface area contributed by atoms with Crippen LogP contribution in [0.15, 0.2) is 16.5 Å². The fourth-order valence-corrected chi connectivity index (χ4v) is 1.01. The molecule has 0 aromatic carbocycles. The quantitative estimate of drug-likeness (QED) is 0.400. The lowest BCUT2D eigenvalue weighted by atomic mass is 10.4. The maximum atomic E-state index is 10.2. The van der Waals surface area contributed by atoms with Gasteiger partial charge in [-0.25, -0.2) is 0 Å². The summed E-state index contributed by atoms with van der Waals surface area (Å²) < 4.78 is 10.3. The van der Waals surface area contributed by atoms with Crippen LogP contribution in [0.5, 0.6) is 0 Å². The summed E-state index contributed by atoms with van der Waals surface area (Å²) in [6.07, 6.45) is 2.64. The van der Waals surface area contributed by atoms with Crippen molar-refractivity contribution < 1.29 is 13.9 Å². The van der Waals surface area contributed by atoms with E-state index in [1.165, 1.54) is 0 Å². The van der Waals surface area contributed by atoms with Crippen molar-refractivity contribution in [2.75, 3.05) is 12.2 Å². The van der Waals surface area contributed by atoms with Gasteiger partial charge in [-0.1, -0.05) is 0 Å². The number of rotatable bonds is 5. The smallest absolute Gasteiger partial charge is 0.185 e. The highest BCUT2D eigenvalue weighted by atomic mass is 32.2. The van der Waals surface area contributed by atoms with Crippen molar-refractivity contribution >= 4 is 18.0 Å². The summed E-state index contributed by atoms with van der Waals surface area (Å²) in [5.74, 6) is 1.67. The summed E-state index contributed by atoms with van der Waals surface area (Å²) in [6.45, 7) is 0.425. The van der Waals surface area contributed by atoms with Crippen LogP contribution in [-0.2, 0) is 11.3 Å². The highest BCUT2D eigenvalue weighted by Crippen LogP contribution is 2.07. The Morgan fingerprint density at radius 1 is 1.67 bits per heavy atom. The van der Waals surface area contributed by atoms with Crippen LogP contribution in [0.2, 0.25) is 0 Å². The Bertz CT molecular complexity index is 244. The first kappa shape index (κ1) is 9.35. The molecule has 0 amide bonds. The SMILES string of the molecule is CSCOCc1ccc(C=O)o1. The Kier molecular flexibility index (Phi) is 3.90. The second-order valence-electron chi connectivity index (χ2n) is 2.18. The summed E-state index contributed by atoms with van der Waals surface area (Å²) in [6, 6.07) is 3.37. The van der Waals surface area contributed by atoms with Crippen molar-refractivity contribution in [1.82, 2.24) is 0 Å². The van der Waals surface area contributed by atoms with E-state index in [1.807, 2.05) is 6.26 Å². The number of carbonyl (C=O) groups excluding carboxylic acids is 1. The van der Waals surface area contributed by atoms with Gasteiger partial charge in [-0.15, -0.1) is 11.8 Å². The Balaban J connectivity index is 2.36. The number of hydrogen-bond donors (Lipinski definition) is 0. The van der Waals surface area contributed by atoms with Gasteiger partial charge in [-0.2, -0.15) is 0 Å². The summed E-state index contributed by atoms with van der Waals surface area (Å²) in [7, 11) is 0. The van der Waals surface area contributed by atoms with Gasteiger partial charge >= 0.3 is 0 Å². The van der Waals surface area contributed by atoms with Crippen molar-refractivity contribution in [2.45, 2.75) is 6.61 Å². The number of aldehydes is 1. The lowest BCUT2D eigenvalue weighted by Gasteiger charge is -1.97. The van der Waals surface area contributed by atoms with Crippen molar-refractivity contribution in [1.29, 1.82) is 0 Å². The van der Waals surface area contributed by atoms with Crippen molar-refractivity contribution in [3.8, 4) is 0 Å². The Labute approximate surface area is 75.1 Å². The Morgan fingerprint density at radius 2 is 2.50 bits per heavy atom. The van der Waals surface area contributed by atoms with E-state index in [0.717, 1.165) is 0 Å². The number of hydrogen-bond acceptors (Lipinski definition) is 4. The maximum Gasteiger partial charge on any atom is 0.185 e. The monoisotopic (exact) mass is 186 g/mol. The number of furan rings is 1. The molecule has 0 saturated heterocycles. The van der Waals surface area contributed by atoms with E-state index in [0.29, 0.717) is 30.4 Å². The van der Waals surface area contributed by atoms with Gasteiger partial charge in [-0.05, 0) is 18.4 Å². The molecular formula is C8H10O3S. The van der Waals surface area contributed by atoms with Crippen LogP contribution in [0, 0.1) is 0 Å². The topological polar surface area (TPSA) is 39.4 Å². The molecule has 0 saturated carbocycles. The molecule has 0 N–H and O–H groups in total. The summed E-state index contributed by atoms with van der Waals surface area (Å²) in [4.78, 5) is 10.2. The average molecular weight is 186 g/mol. The van der Waals surface area contributed by atoms with E-state index in [9.17, 15) is 4.79 Å². The van der Waals surface area contributed by atoms with E-state index < -0.39 is 0 Å². The lowest BCUT2D eigenvalue weighted by Crippen LogP contribution is -1.89. The van der Waals surface area contributed by atoms with Gasteiger partial charge in [0.2, 0.25) is 0 Å². The summed E-state index contributed by atoms with van der Waals surface area (Å²) in [5.41, 5.74) is 0. The van der Waals surface area contributed by atoms with Crippen LogP contribution in [0.4, 0.5) is 0 Å². The van der Waals surface area contributed by atoms with E-state index >= 15 is 0 Å². The fourth-order valence-electron chi connectivity index (χ4n) is 0.761. The van der Waals surface area contributed by atoms with Crippen LogP contribution in [-0.4, -0.2) is 18.5 Å². The normalized spacial score (nSPS) is 10.1. The molecule has 0 aliphatic carbocycles. The molecule has 3 nitrogen and oxygen atoms in total. The van der Waals surface area contributed by atoms with Gasteiger partial charge in [0, 0.05) is 0 Å². The standard InChI is InChI=1S/C8H10O3S/c1-12-6-10-5-8-3-2-7(4-9)11-8/h2-4H,5-6H2,1H3. The summed E-state index contributed by atoms with van der Waals surface area (Å²) in [5, 5.41) is 0. The molecule has 0 radical (unpaired) electrons. The molecule has 0 atom stereocenters. The predicted octanol–water partition coefficient (Wildman–Crippen LogP) is 1.93. The molecule has 0 aliphatic rings. The van der Waals surface area contributed by atoms with Gasteiger partial charge in [0.05, 0.1) is 5.94 Å². The van der Waals surface area contributed by atoms with Gasteiger partial charge in [0.25, 0.3) is 0 Å². The minimum atomic E-state index is 0.345. The minimum absolute atomic E-state index is 0.345. The van der Waals surface area contributed by atoms with Crippen LogP contribution in [0.3, 0.4) is 0 Å². The first-order chi connectivity index (χ1) is 5.86. The molecule has 1 heterocycles. The molecule has 1 rings (SSSR count). The zero-order chi connectivity index (χ0) is 8.81. The third-order valence-electron chi connectivity index (χ3n) is 1.24. The Morgan fingerprint density at radius 3 is 3.08 bits per heavy atom. The molecule has 0 spiro atoms. The predicted molar refractivity (Wildman–Crippen MR) is 47.3 cm³/mol. The molecule has 12 heavy (non-hydrogen) atoms. The maximum absolute atomic E-state index is 10.2. The van der Waals surface area contributed by atoms with Crippen LogP contribution >= 0.6 is 11.8 Å². The molecule has 4 heteroatoms. The highest BCUT2D eigenvalue weighted by Gasteiger charge is 1.99. The summed E-state index contributed by atoms with van der Waals surface area (Å²) >= 11 is 1.60. The Hall–Kier alpha value is -0.740. The largest absolute Gasteiger partial charge is 0.456 e. The van der Waals surface area contributed by atoms with E-state index in [-0.39, 0.29) is 0 Å². The molecular weight excluding hydrogens is 176 g/mol. The number of ether oxygens (including phenoxy) is 1. The van der Waals surface area contributed by atoms with Crippen molar-refractivity contribution in [2.24, 2.45) is 0 Å². The van der Waals surface area contributed by atoms with Crippen molar-refractivity contribution in [3.05, 3.63) is 23.7 Å². The molecule has 0 unspecified atom stereocenters. The molecule has 1 aromatic heterocycles. The lowest BCUT2D eigenvalue weighted by molar-refractivity contribution is 0.108. The van der Waals surface area contributed by atoms with Crippen LogP contribution < -0.4 is 0 Å². The van der Waals surface area contributed by atoms with Crippen LogP contribution in [0.25, 0.3) is 0 Å². The van der Waals surface area contributed by atoms with Gasteiger partial charge < -0.3 is 9.15 Å². The van der Waals surface area contributed by atoms with Crippen LogP contribution in [0.1, 0.15) is 16.3 Å². The molecule has 1 aromatic rings. The zero-order valence-corrected chi connectivity index (χ0v) is 7.60. The van der Waals surface area contributed by atoms with E-state index in [2.05, 4.69) is 0 Å². The first-order valence-electron chi connectivity index (χ1n) is 3.47. The molecule has 0 aliphatic heterocycles. The van der Waals surface area contributed by atoms with Gasteiger partial charge in [0.1, 0.15) is 12.4 Å². The number of carbonyl (C=O) groups is 1. The molecule has 0 bridgehead atoms. The van der Waals surface area contributed by atoms with Crippen molar-refractivity contribution in [3.63, 3.8) is 0 Å². The van der Waals surface area contributed by atoms with Gasteiger partial charge in [0.15, 0.2) is 12.0 Å².